The molecule has 3 heterocycles. The van der Waals surface area contributed by atoms with Crippen molar-refractivity contribution < 1.29 is 13.9 Å². The number of aromatic nitrogens is 2. The van der Waals surface area contributed by atoms with E-state index in [1.807, 2.05) is 43.0 Å². The number of hydrogen-bond acceptors (Lipinski definition) is 7. The molecule has 0 aliphatic carbocycles. The molecule has 1 saturated heterocycles. The van der Waals surface area contributed by atoms with Gasteiger partial charge in [0.2, 0.25) is 5.89 Å². The van der Waals surface area contributed by atoms with Crippen LogP contribution in [0.2, 0.25) is 0 Å². The van der Waals surface area contributed by atoms with Crippen molar-refractivity contribution in [3.8, 4) is 5.75 Å². The number of nitrogens with one attached hydrogen (secondary N) is 1. The van der Waals surface area contributed by atoms with Gasteiger partial charge in [0.05, 0.1) is 19.0 Å². The normalized spacial score (nSPS) is 16.4. The third-order valence-corrected chi connectivity index (χ3v) is 6.55. The first kappa shape index (κ1) is 21.4. The lowest BCUT2D eigenvalue weighted by Gasteiger charge is -2.33. The highest BCUT2D eigenvalue weighted by Gasteiger charge is 2.33. The van der Waals surface area contributed by atoms with E-state index in [9.17, 15) is 4.79 Å². The van der Waals surface area contributed by atoms with Gasteiger partial charge >= 0.3 is 0 Å². The fraction of sp³-hybridized carbons (Fsp3) is 0.435. The average Bonchev–Trinajstić information content (AvgIpc) is 3.40. The second-order valence-corrected chi connectivity index (χ2v) is 8.67. The van der Waals surface area contributed by atoms with E-state index in [1.165, 1.54) is 11.3 Å². The van der Waals surface area contributed by atoms with Crippen LogP contribution in [0.1, 0.15) is 64.8 Å². The molecular weight excluding hydrogens is 412 g/mol. The Bertz CT molecular complexity index is 1050. The Balaban J connectivity index is 1.53. The highest BCUT2D eigenvalue weighted by molar-refractivity contribution is 7.17. The molecule has 4 rings (SSSR count). The number of nitrogens with zero attached hydrogens (tertiary/aromatic N) is 3. The highest BCUT2D eigenvalue weighted by Crippen LogP contribution is 2.34. The topological polar surface area (TPSA) is 80.5 Å². The lowest BCUT2D eigenvalue weighted by Crippen LogP contribution is -2.38. The first-order chi connectivity index (χ1) is 15.1. The van der Waals surface area contributed by atoms with Crippen LogP contribution in [-0.4, -0.2) is 41.0 Å². The summed E-state index contributed by atoms with van der Waals surface area (Å²) >= 11 is 1.42. The molecule has 3 aromatic rings. The first-order valence-corrected chi connectivity index (χ1v) is 11.5. The van der Waals surface area contributed by atoms with Crippen molar-refractivity contribution in [1.29, 1.82) is 0 Å². The Morgan fingerprint density at radius 1 is 1.39 bits per heavy atom. The fourth-order valence-electron chi connectivity index (χ4n) is 3.93. The van der Waals surface area contributed by atoms with Crippen LogP contribution in [0.25, 0.3) is 0 Å². The van der Waals surface area contributed by atoms with Gasteiger partial charge in [-0.3, -0.25) is 4.79 Å². The smallest absolute Gasteiger partial charge is 0.266 e. The molecule has 8 heteroatoms. The van der Waals surface area contributed by atoms with E-state index in [2.05, 4.69) is 15.3 Å². The monoisotopic (exact) mass is 440 g/mol. The van der Waals surface area contributed by atoms with Crippen LogP contribution < -0.4 is 10.1 Å². The number of hydrogen-bond donors (Lipinski definition) is 1. The summed E-state index contributed by atoms with van der Waals surface area (Å²) in [6.07, 6.45) is 5.28. The van der Waals surface area contributed by atoms with Crippen molar-refractivity contribution in [2.24, 2.45) is 0 Å². The number of piperidine rings is 1. The number of likely N-dealkylation sites (tertiary alicyclic amines) is 1. The molecule has 1 aromatic carbocycles. The summed E-state index contributed by atoms with van der Waals surface area (Å²) in [5.41, 5.74) is 1.86. The molecule has 1 fully saturated rings. The number of aryl methyl sites for hydroxylation is 1. The Morgan fingerprint density at radius 3 is 3.06 bits per heavy atom. The van der Waals surface area contributed by atoms with Gasteiger partial charge in [0.15, 0.2) is 5.13 Å². The maximum absolute atomic E-state index is 13.4. The lowest BCUT2D eigenvalue weighted by atomic mass is 10.0. The third-order valence-electron chi connectivity index (χ3n) is 5.45. The Hall–Kier alpha value is -2.87. The van der Waals surface area contributed by atoms with Crippen LogP contribution in [0, 0.1) is 6.92 Å². The van der Waals surface area contributed by atoms with E-state index in [1.54, 1.807) is 13.3 Å². The molecule has 31 heavy (non-hydrogen) atoms. The van der Waals surface area contributed by atoms with Crippen molar-refractivity contribution >= 4 is 22.4 Å². The van der Waals surface area contributed by atoms with Gasteiger partial charge in [-0.05, 0) is 50.8 Å². The number of rotatable bonds is 7. The van der Waals surface area contributed by atoms with Crippen LogP contribution in [0.15, 0.2) is 34.9 Å². The van der Waals surface area contributed by atoms with Gasteiger partial charge in [0.25, 0.3) is 5.91 Å². The van der Waals surface area contributed by atoms with Crippen LogP contribution >= 0.6 is 11.3 Å². The maximum atomic E-state index is 13.4. The second kappa shape index (κ2) is 9.51. The van der Waals surface area contributed by atoms with Gasteiger partial charge in [0.1, 0.15) is 22.4 Å². The van der Waals surface area contributed by atoms with Gasteiger partial charge in [-0.2, -0.15) is 0 Å². The number of benzene rings is 1. The molecule has 1 aliphatic heterocycles. The van der Waals surface area contributed by atoms with E-state index in [4.69, 9.17) is 9.15 Å². The van der Waals surface area contributed by atoms with Crippen molar-refractivity contribution in [3.63, 3.8) is 0 Å². The zero-order valence-electron chi connectivity index (χ0n) is 18.2. The van der Waals surface area contributed by atoms with E-state index in [0.29, 0.717) is 23.7 Å². The van der Waals surface area contributed by atoms with E-state index in [0.717, 1.165) is 53.7 Å². The Morgan fingerprint density at radius 2 is 2.26 bits per heavy atom. The maximum Gasteiger partial charge on any atom is 0.266 e. The second-order valence-electron chi connectivity index (χ2n) is 7.67. The van der Waals surface area contributed by atoms with Crippen molar-refractivity contribution in [2.45, 2.75) is 45.6 Å². The summed E-state index contributed by atoms with van der Waals surface area (Å²) in [4.78, 5) is 25.0. The minimum Gasteiger partial charge on any atom is -0.497 e. The zero-order valence-corrected chi connectivity index (χ0v) is 19.0. The van der Waals surface area contributed by atoms with Crippen LogP contribution in [0.5, 0.6) is 5.75 Å². The fourth-order valence-corrected chi connectivity index (χ4v) is 4.92. The molecule has 0 spiro atoms. The molecule has 0 saturated carbocycles. The third kappa shape index (κ3) is 4.74. The number of amides is 1. The minimum absolute atomic E-state index is 0.0106. The predicted molar refractivity (Wildman–Crippen MR) is 121 cm³/mol. The van der Waals surface area contributed by atoms with Crippen LogP contribution in [0.3, 0.4) is 0 Å². The molecule has 1 unspecified atom stereocenters. The molecule has 164 valence electrons. The molecule has 2 aromatic heterocycles. The lowest BCUT2D eigenvalue weighted by molar-refractivity contribution is 0.0574. The number of carbonyl (C=O) groups is 1. The summed E-state index contributed by atoms with van der Waals surface area (Å²) in [5.74, 6) is 2.22. The number of carbonyl (C=O) groups excluding carboxylic acids is 1. The Kier molecular flexibility index (Phi) is 6.56. The largest absolute Gasteiger partial charge is 0.497 e. The standard InChI is InChI=1S/C23H28N4O3S/c1-4-24-23-26-15(2)20(31-23)22(28)27-11-6-5-10-19(27)21-25-14-18(30-21)13-16-8-7-9-17(12-16)29-3/h7-9,12,14,19H,4-6,10-11,13H2,1-3H3,(H,24,26). The van der Waals surface area contributed by atoms with Gasteiger partial charge in [-0.25, -0.2) is 9.97 Å². The summed E-state index contributed by atoms with van der Waals surface area (Å²) in [6.45, 7) is 5.38. The van der Waals surface area contributed by atoms with E-state index in [-0.39, 0.29) is 11.9 Å². The number of thiazole rings is 1. The average molecular weight is 441 g/mol. The number of anilines is 1. The first-order valence-electron chi connectivity index (χ1n) is 10.7. The summed E-state index contributed by atoms with van der Waals surface area (Å²) in [6, 6.07) is 7.77. The molecule has 1 amide bonds. The molecule has 1 atom stereocenters. The van der Waals surface area contributed by atoms with Gasteiger partial charge in [-0.1, -0.05) is 23.5 Å². The predicted octanol–water partition coefficient (Wildman–Crippen LogP) is 4.84. The summed E-state index contributed by atoms with van der Waals surface area (Å²) in [5, 5.41) is 3.99. The molecular formula is C23H28N4O3S. The van der Waals surface area contributed by atoms with Crippen LogP contribution in [-0.2, 0) is 6.42 Å². The number of methoxy groups -OCH3 is 1. The molecule has 1 N–H and O–H groups in total. The number of oxazole rings is 1. The van der Waals surface area contributed by atoms with Gasteiger partial charge in [0, 0.05) is 19.5 Å². The Labute approximate surface area is 186 Å². The molecule has 7 nitrogen and oxygen atoms in total. The van der Waals surface area contributed by atoms with Crippen LogP contribution in [0.4, 0.5) is 5.13 Å². The van der Waals surface area contributed by atoms with E-state index < -0.39 is 0 Å². The molecule has 0 bridgehead atoms. The quantitative estimate of drug-likeness (QED) is 0.566. The van der Waals surface area contributed by atoms with Crippen molar-refractivity contribution in [3.05, 3.63) is 58.2 Å². The summed E-state index contributed by atoms with van der Waals surface area (Å²) in [7, 11) is 1.66. The minimum atomic E-state index is -0.149. The zero-order chi connectivity index (χ0) is 21.8. The van der Waals surface area contributed by atoms with E-state index >= 15 is 0 Å². The van der Waals surface area contributed by atoms with Crippen molar-refractivity contribution in [2.75, 3.05) is 25.5 Å². The van der Waals surface area contributed by atoms with Gasteiger partial charge < -0.3 is 19.4 Å². The SMILES string of the molecule is CCNc1nc(C)c(C(=O)N2CCCCC2c2ncc(Cc3cccc(OC)c3)o2)s1. The molecule has 1 aliphatic rings. The highest BCUT2D eigenvalue weighted by atomic mass is 32.1. The summed E-state index contributed by atoms with van der Waals surface area (Å²) < 4.78 is 11.4. The molecule has 0 radical (unpaired) electrons. The number of ether oxygens (including phenoxy) is 1. The van der Waals surface area contributed by atoms with Gasteiger partial charge in [-0.15, -0.1) is 0 Å². The van der Waals surface area contributed by atoms with Crippen molar-refractivity contribution in [1.82, 2.24) is 14.9 Å².